The van der Waals surface area contributed by atoms with Crippen LogP contribution in [0, 0.1) is 0 Å². The Kier molecular flexibility index (Phi) is 2.91. The maximum atomic E-state index is 10.9. The second-order valence-electron chi connectivity index (χ2n) is 4.03. The van der Waals surface area contributed by atoms with Crippen molar-refractivity contribution >= 4 is 5.97 Å². The molecule has 0 fully saturated rings. The van der Waals surface area contributed by atoms with E-state index >= 15 is 0 Å². The van der Waals surface area contributed by atoms with Crippen molar-refractivity contribution in [2.24, 2.45) is 0 Å². The Bertz CT molecular complexity index is 532. The molecule has 2 aromatic rings. The Labute approximate surface area is 98.7 Å². The molecule has 2 rings (SSSR count). The third kappa shape index (κ3) is 2.18. The van der Waals surface area contributed by atoms with Gasteiger partial charge in [0.1, 0.15) is 0 Å². The van der Waals surface area contributed by atoms with E-state index in [9.17, 15) is 4.79 Å². The summed E-state index contributed by atoms with van der Waals surface area (Å²) in [4.78, 5) is 14.9. The second-order valence-corrected chi connectivity index (χ2v) is 4.03. The Balaban J connectivity index is 2.56. The zero-order chi connectivity index (χ0) is 12.4. The molecule has 5 nitrogen and oxygen atoms in total. The van der Waals surface area contributed by atoms with Gasteiger partial charge in [0.05, 0.1) is 5.69 Å². The van der Waals surface area contributed by atoms with Crippen LogP contribution in [0.2, 0.25) is 0 Å². The minimum absolute atomic E-state index is 0.0607. The second kappa shape index (κ2) is 4.37. The van der Waals surface area contributed by atoms with Gasteiger partial charge in [-0.25, -0.2) is 9.48 Å². The molecule has 17 heavy (non-hydrogen) atoms. The van der Waals surface area contributed by atoms with E-state index in [1.807, 2.05) is 13.8 Å². The number of carboxylic acid groups (broad SMARTS) is 1. The van der Waals surface area contributed by atoms with Gasteiger partial charge in [0.25, 0.3) is 0 Å². The van der Waals surface area contributed by atoms with Crippen molar-refractivity contribution in [3.63, 3.8) is 0 Å². The lowest BCUT2D eigenvalue weighted by Crippen LogP contribution is -2.04. The smallest absolute Gasteiger partial charge is 0.356 e. The average molecular weight is 231 g/mol. The minimum atomic E-state index is -1.01. The predicted molar refractivity (Wildman–Crippen MR) is 62.4 cm³/mol. The maximum Gasteiger partial charge on any atom is 0.356 e. The summed E-state index contributed by atoms with van der Waals surface area (Å²) in [5, 5.41) is 13.1. The molecule has 88 valence electrons. The molecular weight excluding hydrogens is 218 g/mol. The first-order valence-electron chi connectivity index (χ1n) is 5.33. The van der Waals surface area contributed by atoms with E-state index in [1.54, 1.807) is 35.3 Å². The zero-order valence-corrected chi connectivity index (χ0v) is 9.66. The van der Waals surface area contributed by atoms with Crippen LogP contribution in [0.3, 0.4) is 0 Å². The summed E-state index contributed by atoms with van der Waals surface area (Å²) in [5.74, 6) is -0.816. The highest BCUT2D eigenvalue weighted by Crippen LogP contribution is 2.19. The molecule has 5 heteroatoms. The predicted octanol–water partition coefficient (Wildman–Crippen LogP) is 2.09. The van der Waals surface area contributed by atoms with Gasteiger partial charge < -0.3 is 5.11 Å². The number of nitrogens with zero attached hydrogens (tertiary/aromatic N) is 3. The van der Waals surface area contributed by atoms with Gasteiger partial charge in [0.2, 0.25) is 0 Å². The lowest BCUT2D eigenvalue weighted by Gasteiger charge is -2.09. The van der Waals surface area contributed by atoms with Gasteiger partial charge in [-0.2, -0.15) is 5.10 Å². The van der Waals surface area contributed by atoms with Crippen LogP contribution in [0.15, 0.2) is 30.6 Å². The number of aromatic nitrogens is 3. The van der Waals surface area contributed by atoms with Crippen molar-refractivity contribution < 1.29 is 9.90 Å². The van der Waals surface area contributed by atoms with E-state index in [0.717, 1.165) is 11.4 Å². The number of aromatic carboxylic acids is 1. The lowest BCUT2D eigenvalue weighted by molar-refractivity contribution is 0.0690. The summed E-state index contributed by atoms with van der Waals surface area (Å²) in [6.45, 7) is 4.00. The average Bonchev–Trinajstić information content (AvgIpc) is 2.75. The molecule has 0 bridgehead atoms. The fourth-order valence-electron chi connectivity index (χ4n) is 1.60. The third-order valence-corrected chi connectivity index (χ3v) is 2.45. The number of carboxylic acids is 1. The lowest BCUT2D eigenvalue weighted by atomic mass is 10.1. The van der Waals surface area contributed by atoms with Crippen molar-refractivity contribution in [3.8, 4) is 5.69 Å². The van der Waals surface area contributed by atoms with Gasteiger partial charge in [0, 0.05) is 18.1 Å². The molecule has 0 aliphatic rings. The molecule has 0 aromatic carbocycles. The van der Waals surface area contributed by atoms with E-state index in [1.165, 1.54) is 0 Å². The van der Waals surface area contributed by atoms with Gasteiger partial charge in [-0.3, -0.25) is 4.98 Å². The van der Waals surface area contributed by atoms with E-state index in [0.29, 0.717) is 0 Å². The monoisotopic (exact) mass is 231 g/mol. The van der Waals surface area contributed by atoms with Gasteiger partial charge in [-0.1, -0.05) is 13.8 Å². The molecule has 0 saturated carbocycles. The van der Waals surface area contributed by atoms with Crippen LogP contribution in [0.5, 0.6) is 0 Å². The summed E-state index contributed by atoms with van der Waals surface area (Å²) in [5.41, 5.74) is 1.75. The molecule has 0 unspecified atom stereocenters. The van der Waals surface area contributed by atoms with E-state index in [4.69, 9.17) is 5.11 Å². The summed E-state index contributed by atoms with van der Waals surface area (Å²) in [6.07, 6.45) is 3.31. The van der Waals surface area contributed by atoms with Crippen LogP contribution in [-0.2, 0) is 0 Å². The molecule has 0 aliphatic heterocycles. The molecule has 0 radical (unpaired) electrons. The van der Waals surface area contributed by atoms with Crippen LogP contribution in [0.1, 0.15) is 35.9 Å². The van der Waals surface area contributed by atoms with Gasteiger partial charge in [-0.15, -0.1) is 0 Å². The molecule has 0 aliphatic carbocycles. The van der Waals surface area contributed by atoms with Crippen LogP contribution < -0.4 is 0 Å². The first-order valence-corrected chi connectivity index (χ1v) is 5.33. The number of rotatable bonds is 3. The van der Waals surface area contributed by atoms with Crippen molar-refractivity contribution in [1.82, 2.24) is 14.8 Å². The molecule has 2 heterocycles. The van der Waals surface area contributed by atoms with Crippen LogP contribution in [0.25, 0.3) is 5.69 Å². The van der Waals surface area contributed by atoms with Crippen LogP contribution in [-0.4, -0.2) is 25.8 Å². The Morgan fingerprint density at radius 3 is 2.53 bits per heavy atom. The topological polar surface area (TPSA) is 68.0 Å². The molecule has 0 amide bonds. The van der Waals surface area contributed by atoms with Crippen LogP contribution >= 0.6 is 0 Å². The normalized spacial score (nSPS) is 10.8. The minimum Gasteiger partial charge on any atom is -0.476 e. The summed E-state index contributed by atoms with van der Waals surface area (Å²) in [7, 11) is 0. The summed E-state index contributed by atoms with van der Waals surface area (Å²) < 4.78 is 1.65. The fourth-order valence-corrected chi connectivity index (χ4v) is 1.60. The highest BCUT2D eigenvalue weighted by atomic mass is 16.4. The number of hydrogen-bond acceptors (Lipinski definition) is 3. The molecular formula is C12H13N3O2. The Morgan fingerprint density at radius 1 is 1.35 bits per heavy atom. The summed E-state index contributed by atoms with van der Waals surface area (Å²) in [6, 6.07) is 5.20. The molecule has 0 saturated heterocycles. The van der Waals surface area contributed by atoms with E-state index in [-0.39, 0.29) is 11.6 Å². The zero-order valence-electron chi connectivity index (χ0n) is 9.66. The highest BCUT2D eigenvalue weighted by Gasteiger charge is 2.16. The van der Waals surface area contributed by atoms with Crippen molar-refractivity contribution in [3.05, 3.63) is 42.0 Å². The number of pyridine rings is 1. The van der Waals surface area contributed by atoms with Crippen molar-refractivity contribution in [2.75, 3.05) is 0 Å². The third-order valence-electron chi connectivity index (χ3n) is 2.45. The van der Waals surface area contributed by atoms with Gasteiger partial charge in [0.15, 0.2) is 5.69 Å². The highest BCUT2D eigenvalue weighted by molar-refractivity contribution is 5.85. The number of carbonyl (C=O) groups is 1. The maximum absolute atomic E-state index is 10.9. The molecule has 0 atom stereocenters. The van der Waals surface area contributed by atoms with E-state index < -0.39 is 5.97 Å². The quantitative estimate of drug-likeness (QED) is 0.878. The number of hydrogen-bond donors (Lipinski definition) is 1. The standard InChI is InChI=1S/C12H13N3O2/c1-8(2)11-7-10(12(16)17)14-15(11)9-3-5-13-6-4-9/h3-8H,1-2H3,(H,16,17). The Hall–Kier alpha value is -2.17. The summed E-state index contributed by atoms with van der Waals surface area (Å²) >= 11 is 0. The van der Waals surface area contributed by atoms with Crippen molar-refractivity contribution in [2.45, 2.75) is 19.8 Å². The largest absolute Gasteiger partial charge is 0.476 e. The van der Waals surface area contributed by atoms with E-state index in [2.05, 4.69) is 10.1 Å². The SMILES string of the molecule is CC(C)c1cc(C(=O)O)nn1-c1ccncc1. The van der Waals surface area contributed by atoms with Crippen LogP contribution in [0.4, 0.5) is 0 Å². The van der Waals surface area contributed by atoms with Gasteiger partial charge >= 0.3 is 5.97 Å². The van der Waals surface area contributed by atoms with Crippen molar-refractivity contribution in [1.29, 1.82) is 0 Å². The fraction of sp³-hybridized carbons (Fsp3) is 0.250. The molecule has 0 spiro atoms. The first-order chi connectivity index (χ1) is 8.09. The first kappa shape index (κ1) is 11.3. The molecule has 2 aromatic heterocycles. The Morgan fingerprint density at radius 2 is 2.00 bits per heavy atom. The molecule has 1 N–H and O–H groups in total. The van der Waals surface area contributed by atoms with Gasteiger partial charge in [-0.05, 0) is 24.1 Å².